The molecule has 9 nitrogen and oxygen atoms in total. The molecule has 0 saturated heterocycles. The third kappa shape index (κ3) is 6.25. The van der Waals surface area contributed by atoms with Gasteiger partial charge in [-0.05, 0) is 67.5 Å². The highest BCUT2D eigenvalue weighted by molar-refractivity contribution is 7.87. The van der Waals surface area contributed by atoms with Crippen LogP contribution in [0, 0.1) is 5.82 Å². The highest BCUT2D eigenvalue weighted by atomic mass is 32.2. The number of aromatic nitrogens is 1. The molecule has 5 rings (SSSR count). The van der Waals surface area contributed by atoms with Crippen molar-refractivity contribution in [1.29, 1.82) is 0 Å². The summed E-state index contributed by atoms with van der Waals surface area (Å²) < 4.78 is 51.7. The Morgan fingerprint density at radius 3 is 2.49 bits per heavy atom. The number of carbonyl (C=O) groups excluding carboxylic acids is 2. The molecule has 3 bridgehead atoms. The molecule has 2 N–H and O–H groups in total. The summed E-state index contributed by atoms with van der Waals surface area (Å²) in [7, 11) is -0.761. The highest BCUT2D eigenvalue weighted by Crippen LogP contribution is 2.46. The fraction of sp³-hybridized carbons (Fsp3) is 0.467. The predicted octanol–water partition coefficient (Wildman–Crippen LogP) is 4.62. The van der Waals surface area contributed by atoms with E-state index < -0.39 is 21.9 Å². The minimum atomic E-state index is -4.04. The molecule has 3 aromatic rings. The monoisotopic (exact) mass is 584 g/mol. The van der Waals surface area contributed by atoms with E-state index in [-0.39, 0.29) is 30.5 Å². The molecule has 0 radical (unpaired) electrons. The molecule has 2 aliphatic rings. The molecule has 1 fully saturated rings. The van der Waals surface area contributed by atoms with Crippen LogP contribution >= 0.6 is 0 Å². The van der Waals surface area contributed by atoms with Crippen LogP contribution in [-0.2, 0) is 22.1 Å². The number of ether oxygens (including phenoxy) is 1. The molecule has 0 spiro atoms. The summed E-state index contributed by atoms with van der Waals surface area (Å²) in [5, 5.41) is 3.75. The fourth-order valence-electron chi connectivity index (χ4n) is 5.98. The van der Waals surface area contributed by atoms with Crippen LogP contribution < -0.4 is 14.8 Å². The average Bonchev–Trinajstić information content (AvgIpc) is 3.25. The van der Waals surface area contributed by atoms with Crippen LogP contribution in [0.25, 0.3) is 22.2 Å². The van der Waals surface area contributed by atoms with E-state index in [0.29, 0.717) is 37.1 Å². The van der Waals surface area contributed by atoms with E-state index >= 15 is 0 Å². The first-order chi connectivity index (χ1) is 19.7. The molecule has 11 heteroatoms. The van der Waals surface area contributed by atoms with E-state index in [2.05, 4.69) is 10.0 Å². The van der Waals surface area contributed by atoms with Crippen LogP contribution in [0.1, 0.15) is 73.2 Å². The van der Waals surface area contributed by atoms with E-state index in [9.17, 15) is 22.4 Å². The van der Waals surface area contributed by atoms with Gasteiger partial charge in [-0.3, -0.25) is 9.59 Å². The van der Waals surface area contributed by atoms with Crippen molar-refractivity contribution >= 4 is 32.9 Å². The smallest absolute Gasteiger partial charge is 0.303 e. The second-order valence-electron chi connectivity index (χ2n) is 11.0. The first kappa shape index (κ1) is 29.1. The summed E-state index contributed by atoms with van der Waals surface area (Å²) in [6, 6.07) is 9.46. The van der Waals surface area contributed by atoms with Crippen LogP contribution in [0.2, 0.25) is 0 Å². The molecule has 220 valence electrons. The van der Waals surface area contributed by atoms with Crippen LogP contribution in [0.15, 0.2) is 36.4 Å². The second kappa shape index (κ2) is 12.2. The number of aryl methyl sites for hydroxylation is 1. The zero-order valence-electron chi connectivity index (χ0n) is 23.5. The number of fused-ring (bicyclic) bond motifs is 4. The van der Waals surface area contributed by atoms with Gasteiger partial charge in [-0.2, -0.15) is 12.7 Å². The van der Waals surface area contributed by atoms with Crippen molar-refractivity contribution in [2.75, 3.05) is 26.7 Å². The van der Waals surface area contributed by atoms with Crippen molar-refractivity contribution in [3.8, 4) is 17.0 Å². The van der Waals surface area contributed by atoms with Gasteiger partial charge in [0.15, 0.2) is 6.61 Å². The first-order valence-electron chi connectivity index (χ1n) is 14.3. The molecule has 2 heterocycles. The van der Waals surface area contributed by atoms with Crippen LogP contribution in [-0.4, -0.2) is 55.8 Å². The largest absolute Gasteiger partial charge is 0.483 e. The molecule has 0 unspecified atom stereocenters. The Kier molecular flexibility index (Phi) is 8.65. The number of hydrogen-bond acceptors (Lipinski definition) is 5. The van der Waals surface area contributed by atoms with Gasteiger partial charge in [-0.1, -0.05) is 31.7 Å². The zero-order chi connectivity index (χ0) is 29.1. The second-order valence-corrected chi connectivity index (χ2v) is 12.8. The van der Waals surface area contributed by atoms with Crippen molar-refractivity contribution in [2.45, 2.75) is 57.3 Å². The molecule has 41 heavy (non-hydrogen) atoms. The van der Waals surface area contributed by atoms with E-state index in [0.717, 1.165) is 58.6 Å². The Bertz CT molecular complexity index is 1560. The van der Waals surface area contributed by atoms with Crippen molar-refractivity contribution in [3.05, 3.63) is 53.3 Å². The minimum Gasteiger partial charge on any atom is -0.483 e. The van der Waals surface area contributed by atoms with Crippen molar-refractivity contribution < 1.29 is 27.1 Å². The lowest BCUT2D eigenvalue weighted by Crippen LogP contribution is -2.41. The predicted molar refractivity (Wildman–Crippen MR) is 156 cm³/mol. The lowest BCUT2D eigenvalue weighted by molar-refractivity contribution is -0.123. The van der Waals surface area contributed by atoms with Gasteiger partial charge < -0.3 is 14.6 Å². The number of benzene rings is 2. The number of rotatable bonds is 1. The number of halogens is 1. The number of nitrogens with one attached hydrogen (secondary N) is 2. The van der Waals surface area contributed by atoms with Crippen molar-refractivity contribution in [2.24, 2.45) is 7.05 Å². The van der Waals surface area contributed by atoms with Crippen LogP contribution in [0.4, 0.5) is 4.39 Å². The van der Waals surface area contributed by atoms with E-state index in [1.807, 2.05) is 17.7 Å². The van der Waals surface area contributed by atoms with Gasteiger partial charge in [0.2, 0.25) is 0 Å². The van der Waals surface area contributed by atoms with Crippen molar-refractivity contribution in [3.63, 3.8) is 0 Å². The molecule has 2 aromatic carbocycles. The maximum atomic E-state index is 14.7. The SMILES string of the molecule is CN1CCCCCNC(=O)COc2ccc(F)cc2-c2c(C3CCCCC3)c3ccc(cc3n2C)C(=O)NS1(=O)=O. The number of carbonyl (C=O) groups is 2. The Morgan fingerprint density at radius 2 is 1.71 bits per heavy atom. The third-order valence-electron chi connectivity index (χ3n) is 8.17. The van der Waals surface area contributed by atoms with Crippen LogP contribution in [0.5, 0.6) is 5.75 Å². The molecule has 1 saturated carbocycles. The molecule has 0 atom stereocenters. The summed E-state index contributed by atoms with van der Waals surface area (Å²) in [5.74, 6) is -0.817. The van der Waals surface area contributed by atoms with Gasteiger partial charge in [-0.25, -0.2) is 9.11 Å². The number of hydrogen-bond donors (Lipinski definition) is 2. The first-order valence-corrected chi connectivity index (χ1v) is 15.7. The van der Waals surface area contributed by atoms with E-state index in [1.165, 1.54) is 19.2 Å². The number of amides is 2. The summed E-state index contributed by atoms with van der Waals surface area (Å²) in [5.41, 5.74) is 3.27. The quantitative estimate of drug-likeness (QED) is 0.434. The van der Waals surface area contributed by atoms with Gasteiger partial charge >= 0.3 is 10.2 Å². The molecular formula is C30H37FN4O5S. The van der Waals surface area contributed by atoms with Gasteiger partial charge in [0.1, 0.15) is 11.6 Å². The maximum Gasteiger partial charge on any atom is 0.303 e. The maximum absolute atomic E-state index is 14.7. The summed E-state index contributed by atoms with van der Waals surface area (Å²) in [4.78, 5) is 25.7. The van der Waals surface area contributed by atoms with Crippen molar-refractivity contribution in [1.82, 2.24) is 18.9 Å². The Morgan fingerprint density at radius 1 is 0.951 bits per heavy atom. The summed E-state index contributed by atoms with van der Waals surface area (Å²) >= 11 is 0. The molecule has 2 amide bonds. The standard InChI is InChI=1S/C30H37FN4O5S/c1-34-16-8-4-7-15-32-27(36)19-40-26-14-12-22(31)18-24(26)29-28(20-9-5-3-6-10-20)23-13-11-21(17-25(23)35(29)2)30(37)33-41(34,38)39/h11-14,17-18,20H,3-10,15-16,19H2,1-2H3,(H,32,36)(H,33,37). The topological polar surface area (TPSA) is 110 Å². The minimum absolute atomic E-state index is 0.207. The molecule has 1 aliphatic carbocycles. The van der Waals surface area contributed by atoms with E-state index in [1.54, 1.807) is 18.2 Å². The van der Waals surface area contributed by atoms with Gasteiger partial charge in [-0.15, -0.1) is 0 Å². The fourth-order valence-corrected chi connectivity index (χ4v) is 6.86. The number of nitrogens with zero attached hydrogens (tertiary/aromatic N) is 2. The van der Waals surface area contributed by atoms with Gasteiger partial charge in [0, 0.05) is 49.2 Å². The highest BCUT2D eigenvalue weighted by Gasteiger charge is 2.29. The van der Waals surface area contributed by atoms with Gasteiger partial charge in [0.05, 0.1) is 5.69 Å². The average molecular weight is 585 g/mol. The van der Waals surface area contributed by atoms with Crippen LogP contribution in [0.3, 0.4) is 0 Å². The molecule has 1 aliphatic heterocycles. The third-order valence-corrected chi connectivity index (χ3v) is 9.62. The Labute approximate surface area is 240 Å². The molecular weight excluding hydrogens is 547 g/mol. The molecule has 1 aromatic heterocycles. The van der Waals surface area contributed by atoms with Gasteiger partial charge in [0.25, 0.3) is 11.8 Å². The summed E-state index contributed by atoms with van der Waals surface area (Å²) in [6.45, 7) is 0.437. The Hall–Kier alpha value is -3.44. The van der Waals surface area contributed by atoms with E-state index in [4.69, 9.17) is 4.74 Å². The lowest BCUT2D eigenvalue weighted by Gasteiger charge is -2.24. The lowest BCUT2D eigenvalue weighted by atomic mass is 9.81. The summed E-state index contributed by atoms with van der Waals surface area (Å²) in [6.07, 6.45) is 7.20. The zero-order valence-corrected chi connectivity index (χ0v) is 24.4. The Balaban J connectivity index is 1.66. The normalized spacial score (nSPS) is 19.9.